The van der Waals surface area contributed by atoms with Crippen molar-refractivity contribution < 1.29 is 9.59 Å². The summed E-state index contributed by atoms with van der Waals surface area (Å²) in [5, 5.41) is 5.81. The molecule has 6 heteroatoms. The van der Waals surface area contributed by atoms with E-state index in [1.165, 1.54) is 0 Å². The maximum absolute atomic E-state index is 13.0. The van der Waals surface area contributed by atoms with Crippen molar-refractivity contribution in [3.8, 4) is 0 Å². The summed E-state index contributed by atoms with van der Waals surface area (Å²) >= 11 is 0. The highest BCUT2D eigenvalue weighted by atomic mass is 16.2. The number of carbonyl (C=O) groups excluding carboxylic acids is 2. The molecule has 0 radical (unpaired) electrons. The van der Waals surface area contributed by atoms with Crippen molar-refractivity contribution in [1.82, 2.24) is 9.38 Å². The Hall–Kier alpha value is -3.93. The van der Waals surface area contributed by atoms with Crippen molar-refractivity contribution in [2.75, 3.05) is 10.6 Å². The Balaban J connectivity index is 1.70. The number of hydrogen-bond acceptors (Lipinski definition) is 3. The first-order valence-corrected chi connectivity index (χ1v) is 9.66. The topological polar surface area (TPSA) is 75.5 Å². The van der Waals surface area contributed by atoms with Crippen LogP contribution in [0.5, 0.6) is 0 Å². The fourth-order valence-electron chi connectivity index (χ4n) is 3.46. The third-order valence-corrected chi connectivity index (χ3v) is 4.96. The fourth-order valence-corrected chi connectivity index (χ4v) is 3.46. The van der Waals surface area contributed by atoms with Crippen LogP contribution in [0.15, 0.2) is 66.9 Å². The molecule has 0 unspecified atom stereocenters. The molecular weight excluding hydrogens is 376 g/mol. The van der Waals surface area contributed by atoms with Gasteiger partial charge in [0.05, 0.1) is 5.52 Å². The molecule has 2 aromatic heterocycles. The molecule has 0 spiro atoms. The van der Waals surface area contributed by atoms with Crippen LogP contribution in [-0.4, -0.2) is 21.2 Å². The van der Waals surface area contributed by atoms with E-state index >= 15 is 0 Å². The average molecular weight is 398 g/mol. The summed E-state index contributed by atoms with van der Waals surface area (Å²) in [6.07, 6.45) is 1.73. The second kappa shape index (κ2) is 7.83. The van der Waals surface area contributed by atoms with Crippen molar-refractivity contribution in [1.29, 1.82) is 0 Å². The Morgan fingerprint density at radius 1 is 0.833 bits per heavy atom. The number of anilines is 2. The second-order valence-corrected chi connectivity index (χ2v) is 7.28. The molecule has 2 amide bonds. The molecule has 0 saturated heterocycles. The number of pyridine rings is 1. The van der Waals surface area contributed by atoms with Gasteiger partial charge in [0.1, 0.15) is 0 Å². The number of carbonyl (C=O) groups is 2. The van der Waals surface area contributed by atoms with Gasteiger partial charge in [0, 0.05) is 17.6 Å². The van der Waals surface area contributed by atoms with Gasteiger partial charge in [-0.15, -0.1) is 0 Å². The highest BCUT2D eigenvalue weighted by molar-refractivity contribution is 6.10. The van der Waals surface area contributed by atoms with Crippen molar-refractivity contribution in [3.05, 3.63) is 95.1 Å². The lowest BCUT2D eigenvalue weighted by molar-refractivity contribution is 0.101. The van der Waals surface area contributed by atoms with Gasteiger partial charge in [0.15, 0.2) is 5.69 Å². The Morgan fingerprint density at radius 2 is 1.57 bits per heavy atom. The number of rotatable bonds is 4. The van der Waals surface area contributed by atoms with E-state index in [4.69, 9.17) is 0 Å². The zero-order valence-electron chi connectivity index (χ0n) is 17.1. The van der Waals surface area contributed by atoms with Crippen LogP contribution < -0.4 is 10.6 Å². The van der Waals surface area contributed by atoms with E-state index in [9.17, 15) is 9.59 Å². The molecule has 6 nitrogen and oxygen atoms in total. The zero-order valence-corrected chi connectivity index (χ0v) is 17.1. The second-order valence-electron chi connectivity index (χ2n) is 7.28. The van der Waals surface area contributed by atoms with Crippen LogP contribution in [0.4, 0.5) is 11.4 Å². The maximum Gasteiger partial charge on any atom is 0.292 e. The fraction of sp³-hybridized carbons (Fsp3) is 0.125. The monoisotopic (exact) mass is 398 g/mol. The summed E-state index contributed by atoms with van der Waals surface area (Å²) in [7, 11) is 0. The van der Waals surface area contributed by atoms with Crippen molar-refractivity contribution in [2.24, 2.45) is 0 Å². The number of aromatic nitrogens is 2. The molecule has 0 fully saturated rings. The SMILES string of the molecule is Cc1cccc(NC(=O)c2nc(C(=O)Nc3c(C)cccc3C)n3ccccc23)c1. The highest BCUT2D eigenvalue weighted by Gasteiger charge is 2.22. The van der Waals surface area contributed by atoms with Gasteiger partial charge < -0.3 is 10.6 Å². The molecular formula is C24H22N4O2. The van der Waals surface area contributed by atoms with Gasteiger partial charge in [-0.1, -0.05) is 36.4 Å². The molecule has 0 saturated carbocycles. The van der Waals surface area contributed by atoms with Crippen molar-refractivity contribution in [2.45, 2.75) is 20.8 Å². The van der Waals surface area contributed by atoms with Gasteiger partial charge in [-0.05, 0) is 61.7 Å². The zero-order chi connectivity index (χ0) is 21.3. The third kappa shape index (κ3) is 3.67. The molecule has 2 aromatic carbocycles. The molecule has 0 aliphatic rings. The highest BCUT2D eigenvalue weighted by Crippen LogP contribution is 2.22. The number of nitrogens with one attached hydrogen (secondary N) is 2. The predicted molar refractivity (Wildman–Crippen MR) is 118 cm³/mol. The molecule has 0 bridgehead atoms. The average Bonchev–Trinajstić information content (AvgIpc) is 3.11. The lowest BCUT2D eigenvalue weighted by Crippen LogP contribution is -2.17. The first-order valence-electron chi connectivity index (χ1n) is 9.66. The lowest BCUT2D eigenvalue weighted by Gasteiger charge is -2.10. The van der Waals surface area contributed by atoms with Gasteiger partial charge in [0.25, 0.3) is 11.8 Å². The van der Waals surface area contributed by atoms with Gasteiger partial charge >= 0.3 is 0 Å². The van der Waals surface area contributed by atoms with Gasteiger partial charge in [-0.25, -0.2) is 4.98 Å². The molecule has 2 heterocycles. The van der Waals surface area contributed by atoms with E-state index in [0.29, 0.717) is 11.2 Å². The Morgan fingerprint density at radius 3 is 2.30 bits per heavy atom. The van der Waals surface area contributed by atoms with E-state index in [1.54, 1.807) is 22.7 Å². The van der Waals surface area contributed by atoms with Gasteiger partial charge in [0.2, 0.25) is 5.82 Å². The molecule has 4 aromatic rings. The number of amides is 2. The molecule has 150 valence electrons. The number of hydrogen-bond donors (Lipinski definition) is 2. The molecule has 4 rings (SSSR count). The van der Waals surface area contributed by atoms with E-state index in [2.05, 4.69) is 15.6 Å². The van der Waals surface area contributed by atoms with E-state index in [0.717, 1.165) is 22.4 Å². The first-order chi connectivity index (χ1) is 14.4. The summed E-state index contributed by atoms with van der Waals surface area (Å²) < 4.78 is 1.63. The van der Waals surface area contributed by atoms with Crippen LogP contribution in [0.2, 0.25) is 0 Å². The van der Waals surface area contributed by atoms with Crippen LogP contribution in [0, 0.1) is 20.8 Å². The Labute approximate surface area is 174 Å². The summed E-state index contributed by atoms with van der Waals surface area (Å²) in [5.74, 6) is -0.582. The van der Waals surface area contributed by atoms with Crippen LogP contribution in [0.1, 0.15) is 37.8 Å². The summed E-state index contributed by atoms with van der Waals surface area (Å²) in [4.78, 5) is 30.4. The third-order valence-electron chi connectivity index (χ3n) is 4.96. The number of nitrogens with zero attached hydrogens (tertiary/aromatic N) is 2. The standard InChI is InChI=1S/C24H22N4O2/c1-15-8-6-11-18(14-15)25-23(29)21-19-12-4-5-13-28(19)22(26-21)24(30)27-20-16(2)9-7-10-17(20)3/h4-14H,1-3H3,(H,25,29)(H,27,30). The Kier molecular flexibility index (Phi) is 5.06. The van der Waals surface area contributed by atoms with Crippen LogP contribution in [-0.2, 0) is 0 Å². The lowest BCUT2D eigenvalue weighted by atomic mass is 10.1. The van der Waals surface area contributed by atoms with Crippen LogP contribution in [0.3, 0.4) is 0 Å². The molecule has 30 heavy (non-hydrogen) atoms. The van der Waals surface area contributed by atoms with E-state index in [-0.39, 0.29) is 23.3 Å². The normalized spacial score (nSPS) is 10.8. The summed E-state index contributed by atoms with van der Waals surface area (Å²) in [5.41, 5.74) is 5.15. The van der Waals surface area contributed by atoms with E-state index in [1.807, 2.05) is 69.3 Å². The van der Waals surface area contributed by atoms with Crippen molar-refractivity contribution >= 4 is 28.7 Å². The molecule has 0 aliphatic heterocycles. The summed E-state index contributed by atoms with van der Waals surface area (Å²) in [6, 6.07) is 18.7. The van der Waals surface area contributed by atoms with Crippen LogP contribution >= 0.6 is 0 Å². The number of aryl methyl sites for hydroxylation is 3. The molecule has 0 aliphatic carbocycles. The maximum atomic E-state index is 13.0. The number of fused-ring (bicyclic) bond motifs is 1. The minimum Gasteiger partial charge on any atom is -0.321 e. The van der Waals surface area contributed by atoms with Crippen molar-refractivity contribution in [3.63, 3.8) is 0 Å². The smallest absolute Gasteiger partial charge is 0.292 e. The molecule has 2 N–H and O–H groups in total. The largest absolute Gasteiger partial charge is 0.321 e. The molecule has 0 atom stereocenters. The van der Waals surface area contributed by atoms with E-state index < -0.39 is 0 Å². The quantitative estimate of drug-likeness (QED) is 0.520. The minimum atomic E-state index is -0.372. The minimum absolute atomic E-state index is 0.155. The summed E-state index contributed by atoms with van der Waals surface area (Å²) in [6.45, 7) is 5.83. The Bertz CT molecular complexity index is 1250. The first kappa shape index (κ1) is 19.4. The number of benzene rings is 2. The predicted octanol–water partition coefficient (Wildman–Crippen LogP) is 4.76. The van der Waals surface area contributed by atoms with Gasteiger partial charge in [-0.3, -0.25) is 14.0 Å². The number of imidazole rings is 1. The van der Waals surface area contributed by atoms with Gasteiger partial charge in [-0.2, -0.15) is 0 Å². The number of para-hydroxylation sites is 1. The van der Waals surface area contributed by atoms with Crippen LogP contribution in [0.25, 0.3) is 5.52 Å².